The number of hydrogen-bond donors (Lipinski definition) is 0. The molecular formula is C27H32N2O4. The standard InChI is InChI=1S/C27H32N2O4/c1-17(2)25(30)23-24(21-9-5-6-10-22(21)33-18(3)4)29(27(32)26(23)31)20-13-11-19(12-14-20)28-15-7-8-16-28/h5-6,9-14,17-18,23-24H,7-8,15-16H2,1-4H3. The van der Waals surface area contributed by atoms with Crippen LogP contribution in [0.3, 0.4) is 0 Å². The Kier molecular flexibility index (Phi) is 6.54. The number of rotatable bonds is 7. The van der Waals surface area contributed by atoms with Crippen molar-refractivity contribution in [3.05, 3.63) is 54.1 Å². The predicted octanol–water partition coefficient (Wildman–Crippen LogP) is 4.57. The lowest BCUT2D eigenvalue weighted by molar-refractivity contribution is -0.139. The van der Waals surface area contributed by atoms with Gasteiger partial charge in [0, 0.05) is 35.9 Å². The highest BCUT2D eigenvalue weighted by molar-refractivity contribution is 6.48. The van der Waals surface area contributed by atoms with Crippen molar-refractivity contribution in [2.45, 2.75) is 52.7 Å². The Balaban J connectivity index is 1.80. The van der Waals surface area contributed by atoms with Crippen LogP contribution in [0, 0.1) is 11.8 Å². The van der Waals surface area contributed by atoms with Crippen LogP contribution in [0.1, 0.15) is 52.1 Å². The Morgan fingerprint density at radius 3 is 2.12 bits per heavy atom. The van der Waals surface area contributed by atoms with E-state index < -0.39 is 23.7 Å². The van der Waals surface area contributed by atoms with E-state index in [9.17, 15) is 14.4 Å². The predicted molar refractivity (Wildman–Crippen MR) is 129 cm³/mol. The largest absolute Gasteiger partial charge is 0.491 e. The van der Waals surface area contributed by atoms with Crippen LogP contribution in [0.25, 0.3) is 0 Å². The Morgan fingerprint density at radius 2 is 1.52 bits per heavy atom. The summed E-state index contributed by atoms with van der Waals surface area (Å²) < 4.78 is 6.02. The quantitative estimate of drug-likeness (QED) is 0.458. The molecule has 174 valence electrons. The third-order valence-electron chi connectivity index (χ3n) is 6.38. The third-order valence-corrected chi connectivity index (χ3v) is 6.38. The highest BCUT2D eigenvalue weighted by Crippen LogP contribution is 2.44. The van der Waals surface area contributed by atoms with E-state index in [0.29, 0.717) is 17.0 Å². The molecule has 4 rings (SSSR count). The van der Waals surface area contributed by atoms with Gasteiger partial charge in [-0.3, -0.25) is 19.3 Å². The van der Waals surface area contributed by atoms with Gasteiger partial charge in [-0.25, -0.2) is 0 Å². The molecule has 33 heavy (non-hydrogen) atoms. The number of anilines is 2. The van der Waals surface area contributed by atoms with Crippen LogP contribution in [0.2, 0.25) is 0 Å². The summed E-state index contributed by atoms with van der Waals surface area (Å²) in [6.45, 7) is 9.42. The molecule has 0 N–H and O–H groups in total. The summed E-state index contributed by atoms with van der Waals surface area (Å²) in [5.74, 6) is -2.37. The zero-order valence-electron chi connectivity index (χ0n) is 19.8. The highest BCUT2D eigenvalue weighted by Gasteiger charge is 2.53. The smallest absolute Gasteiger partial charge is 0.295 e. The number of carbonyl (C=O) groups is 3. The average molecular weight is 449 g/mol. The lowest BCUT2D eigenvalue weighted by Gasteiger charge is -2.30. The molecule has 1 amide bonds. The molecule has 0 aliphatic carbocycles. The minimum absolute atomic E-state index is 0.0913. The number of Topliss-reactive ketones (excluding diaryl/α,β-unsaturated/α-hetero) is 2. The second-order valence-corrected chi connectivity index (χ2v) is 9.43. The molecule has 0 aromatic heterocycles. The number of carbonyl (C=O) groups excluding carboxylic acids is 3. The van der Waals surface area contributed by atoms with Crippen molar-refractivity contribution in [2.75, 3.05) is 22.9 Å². The molecule has 0 spiro atoms. The lowest BCUT2D eigenvalue weighted by atomic mass is 9.84. The fourth-order valence-electron chi connectivity index (χ4n) is 4.80. The maximum atomic E-state index is 13.3. The molecule has 2 aromatic carbocycles. The van der Waals surface area contributed by atoms with Gasteiger partial charge in [-0.15, -0.1) is 0 Å². The summed E-state index contributed by atoms with van der Waals surface area (Å²) in [5.41, 5.74) is 2.39. The molecular weight excluding hydrogens is 416 g/mol. The normalized spacial score (nSPS) is 20.9. The zero-order valence-corrected chi connectivity index (χ0v) is 19.8. The van der Waals surface area contributed by atoms with Crippen molar-refractivity contribution in [3.8, 4) is 5.75 Å². The van der Waals surface area contributed by atoms with Crippen LogP contribution < -0.4 is 14.5 Å². The van der Waals surface area contributed by atoms with Crippen LogP contribution in [-0.4, -0.2) is 36.7 Å². The van der Waals surface area contributed by atoms with E-state index in [4.69, 9.17) is 4.74 Å². The lowest BCUT2D eigenvalue weighted by Crippen LogP contribution is -2.32. The number of hydrogen-bond acceptors (Lipinski definition) is 5. The molecule has 2 unspecified atom stereocenters. The first-order chi connectivity index (χ1) is 15.8. The maximum absolute atomic E-state index is 13.3. The van der Waals surface area contributed by atoms with Gasteiger partial charge in [0.15, 0.2) is 0 Å². The van der Waals surface area contributed by atoms with Crippen molar-refractivity contribution < 1.29 is 19.1 Å². The molecule has 0 saturated carbocycles. The van der Waals surface area contributed by atoms with E-state index in [1.54, 1.807) is 13.8 Å². The van der Waals surface area contributed by atoms with Crippen LogP contribution in [0.5, 0.6) is 5.75 Å². The first-order valence-electron chi connectivity index (χ1n) is 11.8. The summed E-state index contributed by atoms with van der Waals surface area (Å²) in [6, 6.07) is 14.4. The van der Waals surface area contributed by atoms with Gasteiger partial charge in [0.05, 0.1) is 12.1 Å². The van der Waals surface area contributed by atoms with Gasteiger partial charge in [0.1, 0.15) is 17.5 Å². The maximum Gasteiger partial charge on any atom is 0.295 e. The summed E-state index contributed by atoms with van der Waals surface area (Å²) in [7, 11) is 0. The number of benzene rings is 2. The topological polar surface area (TPSA) is 66.9 Å². The molecule has 6 nitrogen and oxygen atoms in total. The van der Waals surface area contributed by atoms with Crippen LogP contribution >= 0.6 is 0 Å². The first kappa shape index (κ1) is 23.0. The van der Waals surface area contributed by atoms with Crippen LogP contribution in [-0.2, 0) is 14.4 Å². The molecule has 2 atom stereocenters. The van der Waals surface area contributed by atoms with Gasteiger partial charge in [-0.1, -0.05) is 32.0 Å². The van der Waals surface area contributed by atoms with Gasteiger partial charge in [0.25, 0.3) is 5.91 Å². The molecule has 0 radical (unpaired) electrons. The Morgan fingerprint density at radius 1 is 0.909 bits per heavy atom. The van der Waals surface area contributed by atoms with Gasteiger partial charge in [-0.05, 0) is 57.0 Å². The molecule has 0 bridgehead atoms. The second-order valence-electron chi connectivity index (χ2n) is 9.43. The van der Waals surface area contributed by atoms with E-state index in [2.05, 4.69) is 4.90 Å². The molecule has 2 saturated heterocycles. The summed E-state index contributed by atoms with van der Waals surface area (Å²) in [5, 5.41) is 0. The number of ether oxygens (including phenoxy) is 1. The van der Waals surface area contributed by atoms with Crippen molar-refractivity contribution in [1.29, 1.82) is 0 Å². The van der Waals surface area contributed by atoms with E-state index in [-0.39, 0.29) is 17.8 Å². The van der Waals surface area contributed by atoms with Crippen molar-refractivity contribution in [1.82, 2.24) is 0 Å². The van der Waals surface area contributed by atoms with E-state index in [1.165, 1.54) is 17.7 Å². The van der Waals surface area contributed by atoms with E-state index in [0.717, 1.165) is 18.8 Å². The fraction of sp³-hybridized carbons (Fsp3) is 0.444. The number of ketones is 2. The van der Waals surface area contributed by atoms with Crippen molar-refractivity contribution in [3.63, 3.8) is 0 Å². The summed E-state index contributed by atoms with van der Waals surface area (Å²) in [6.07, 6.45) is 2.26. The SMILES string of the molecule is CC(C)Oc1ccccc1C1C(C(=O)C(C)C)C(=O)C(=O)N1c1ccc(N2CCCC2)cc1. The summed E-state index contributed by atoms with van der Waals surface area (Å²) in [4.78, 5) is 43.4. The molecule has 2 aliphatic heterocycles. The first-order valence-corrected chi connectivity index (χ1v) is 11.8. The highest BCUT2D eigenvalue weighted by atomic mass is 16.5. The molecule has 6 heteroatoms. The molecule has 2 fully saturated rings. The van der Waals surface area contributed by atoms with Gasteiger partial charge in [0.2, 0.25) is 5.78 Å². The van der Waals surface area contributed by atoms with Crippen LogP contribution in [0.15, 0.2) is 48.5 Å². The third kappa shape index (κ3) is 4.39. The van der Waals surface area contributed by atoms with Gasteiger partial charge in [-0.2, -0.15) is 0 Å². The van der Waals surface area contributed by atoms with E-state index in [1.807, 2.05) is 62.4 Å². The average Bonchev–Trinajstić information content (AvgIpc) is 3.41. The number of nitrogens with zero attached hydrogens (tertiary/aromatic N) is 2. The van der Waals surface area contributed by atoms with Gasteiger partial charge >= 0.3 is 0 Å². The molecule has 2 aliphatic rings. The molecule has 2 aromatic rings. The second kappa shape index (κ2) is 9.38. The number of amides is 1. The van der Waals surface area contributed by atoms with E-state index >= 15 is 0 Å². The van der Waals surface area contributed by atoms with Crippen molar-refractivity contribution >= 4 is 28.8 Å². The number of para-hydroxylation sites is 1. The zero-order chi connectivity index (χ0) is 23.7. The minimum atomic E-state index is -1.06. The fourth-order valence-corrected chi connectivity index (χ4v) is 4.80. The molecule has 2 heterocycles. The van der Waals surface area contributed by atoms with Gasteiger partial charge < -0.3 is 9.64 Å². The Bertz CT molecular complexity index is 1040. The summed E-state index contributed by atoms with van der Waals surface area (Å²) >= 11 is 0. The minimum Gasteiger partial charge on any atom is -0.491 e. The Labute approximate surface area is 195 Å². The van der Waals surface area contributed by atoms with Crippen molar-refractivity contribution in [2.24, 2.45) is 11.8 Å². The Hall–Kier alpha value is -3.15. The monoisotopic (exact) mass is 448 g/mol. The van der Waals surface area contributed by atoms with Crippen LogP contribution in [0.4, 0.5) is 11.4 Å².